The summed E-state index contributed by atoms with van der Waals surface area (Å²) < 4.78 is 48.9. The molecule has 0 saturated heterocycles. The molecule has 2 aromatic carbocycles. The number of nitrogens with one attached hydrogen (secondary N) is 1. The predicted molar refractivity (Wildman–Crippen MR) is 94.2 cm³/mol. The van der Waals surface area contributed by atoms with E-state index in [-0.39, 0.29) is 29.4 Å². The number of rotatable bonds is 7. The third kappa shape index (κ3) is 5.90. The first-order chi connectivity index (χ1) is 13.2. The number of hydrogen-bond donors (Lipinski definition) is 2. The van der Waals surface area contributed by atoms with Crippen molar-refractivity contribution in [2.75, 3.05) is 18.5 Å². The molecule has 6 nitrogen and oxygen atoms in total. The molecule has 2 aromatic rings. The van der Waals surface area contributed by atoms with Gasteiger partial charge >= 0.3 is 12.1 Å². The van der Waals surface area contributed by atoms with Gasteiger partial charge in [-0.15, -0.1) is 0 Å². The van der Waals surface area contributed by atoms with Gasteiger partial charge < -0.3 is 19.9 Å². The largest absolute Gasteiger partial charge is 0.508 e. The normalized spacial score (nSPS) is 11.0. The van der Waals surface area contributed by atoms with Gasteiger partial charge in [0.15, 0.2) is 6.61 Å². The van der Waals surface area contributed by atoms with E-state index in [0.29, 0.717) is 6.42 Å². The van der Waals surface area contributed by atoms with Gasteiger partial charge in [-0.3, -0.25) is 4.79 Å². The zero-order chi connectivity index (χ0) is 20.7. The fourth-order valence-corrected chi connectivity index (χ4v) is 2.18. The van der Waals surface area contributed by atoms with Crippen LogP contribution in [0.4, 0.5) is 18.9 Å². The number of phenols is 1. The van der Waals surface area contributed by atoms with Crippen LogP contribution in [-0.2, 0) is 15.7 Å². The van der Waals surface area contributed by atoms with E-state index < -0.39 is 30.2 Å². The van der Waals surface area contributed by atoms with Crippen LogP contribution in [0.1, 0.15) is 29.3 Å². The standard InChI is InChI=1S/C19H18F3NO5/c1-2-8-27-16-7-6-13(19(20,21)22)10-15(16)23-17(25)11-28-18(26)12-4-3-5-14(24)9-12/h3-7,9-10,24H,2,8,11H2,1H3,(H,23,25). The molecule has 0 radical (unpaired) electrons. The van der Waals surface area contributed by atoms with Crippen molar-refractivity contribution in [2.45, 2.75) is 19.5 Å². The number of benzene rings is 2. The number of carbonyl (C=O) groups excluding carboxylic acids is 2. The molecule has 0 bridgehead atoms. The maximum atomic E-state index is 12.9. The summed E-state index contributed by atoms with van der Waals surface area (Å²) in [5.41, 5.74) is -1.11. The van der Waals surface area contributed by atoms with E-state index in [1.165, 1.54) is 18.2 Å². The van der Waals surface area contributed by atoms with Crippen LogP contribution in [0.15, 0.2) is 42.5 Å². The molecule has 0 saturated carbocycles. The lowest BCUT2D eigenvalue weighted by molar-refractivity contribution is -0.137. The molecule has 0 fully saturated rings. The second-order valence-electron chi connectivity index (χ2n) is 5.73. The van der Waals surface area contributed by atoms with Crippen molar-refractivity contribution < 1.29 is 37.3 Å². The number of alkyl halides is 3. The van der Waals surface area contributed by atoms with Gasteiger partial charge in [-0.1, -0.05) is 13.0 Å². The number of amides is 1. The molecular weight excluding hydrogens is 379 g/mol. The van der Waals surface area contributed by atoms with E-state index in [9.17, 15) is 27.9 Å². The number of halogens is 3. The fourth-order valence-electron chi connectivity index (χ4n) is 2.18. The summed E-state index contributed by atoms with van der Waals surface area (Å²) in [7, 11) is 0. The Morgan fingerprint density at radius 1 is 1.14 bits per heavy atom. The van der Waals surface area contributed by atoms with E-state index in [4.69, 9.17) is 9.47 Å². The van der Waals surface area contributed by atoms with Crippen molar-refractivity contribution in [1.29, 1.82) is 0 Å². The Balaban J connectivity index is 2.07. The SMILES string of the molecule is CCCOc1ccc(C(F)(F)F)cc1NC(=O)COC(=O)c1cccc(O)c1. The highest BCUT2D eigenvalue weighted by Crippen LogP contribution is 2.35. The lowest BCUT2D eigenvalue weighted by atomic mass is 10.1. The van der Waals surface area contributed by atoms with E-state index in [1.54, 1.807) is 0 Å². The molecule has 150 valence electrons. The second kappa shape index (κ2) is 9.12. The maximum Gasteiger partial charge on any atom is 0.416 e. The number of carbonyl (C=O) groups is 2. The van der Waals surface area contributed by atoms with Gasteiger partial charge in [0, 0.05) is 0 Å². The van der Waals surface area contributed by atoms with Crippen LogP contribution in [0.5, 0.6) is 11.5 Å². The summed E-state index contributed by atoms with van der Waals surface area (Å²) in [4.78, 5) is 23.9. The summed E-state index contributed by atoms with van der Waals surface area (Å²) in [6, 6.07) is 8.03. The number of phenolic OH excluding ortho intramolecular Hbond substituents is 1. The van der Waals surface area contributed by atoms with Crippen molar-refractivity contribution in [1.82, 2.24) is 0 Å². The van der Waals surface area contributed by atoms with Crippen LogP contribution in [0.25, 0.3) is 0 Å². The Bertz CT molecular complexity index is 852. The van der Waals surface area contributed by atoms with Crippen LogP contribution in [0.2, 0.25) is 0 Å². The average molecular weight is 397 g/mol. The Hall–Kier alpha value is -3.23. The van der Waals surface area contributed by atoms with Gasteiger partial charge in [0.2, 0.25) is 0 Å². The molecule has 0 aliphatic rings. The smallest absolute Gasteiger partial charge is 0.416 e. The third-order valence-corrected chi connectivity index (χ3v) is 3.46. The quantitative estimate of drug-likeness (QED) is 0.690. The summed E-state index contributed by atoms with van der Waals surface area (Å²) in [6.07, 6.45) is -3.97. The first kappa shape index (κ1) is 21.1. The molecule has 2 N–H and O–H groups in total. The number of ether oxygens (including phenoxy) is 2. The predicted octanol–water partition coefficient (Wildman–Crippen LogP) is 4.00. The monoisotopic (exact) mass is 397 g/mol. The van der Waals surface area contributed by atoms with Crippen molar-refractivity contribution in [3.8, 4) is 11.5 Å². The zero-order valence-electron chi connectivity index (χ0n) is 14.9. The number of hydrogen-bond acceptors (Lipinski definition) is 5. The molecule has 0 aliphatic heterocycles. The minimum Gasteiger partial charge on any atom is -0.508 e. The van der Waals surface area contributed by atoms with Crippen molar-refractivity contribution >= 4 is 17.6 Å². The third-order valence-electron chi connectivity index (χ3n) is 3.46. The van der Waals surface area contributed by atoms with Crippen molar-refractivity contribution in [2.24, 2.45) is 0 Å². The van der Waals surface area contributed by atoms with Crippen molar-refractivity contribution in [3.05, 3.63) is 53.6 Å². The van der Waals surface area contributed by atoms with E-state index >= 15 is 0 Å². The van der Waals surface area contributed by atoms with Crippen LogP contribution < -0.4 is 10.1 Å². The molecule has 1 amide bonds. The zero-order valence-corrected chi connectivity index (χ0v) is 14.9. The second-order valence-corrected chi connectivity index (χ2v) is 5.73. The van der Waals surface area contributed by atoms with Gasteiger partial charge in [-0.25, -0.2) is 4.79 Å². The first-order valence-corrected chi connectivity index (χ1v) is 8.30. The summed E-state index contributed by atoms with van der Waals surface area (Å²) in [5, 5.41) is 11.6. The average Bonchev–Trinajstić information content (AvgIpc) is 2.64. The fraction of sp³-hybridized carbons (Fsp3) is 0.263. The maximum absolute atomic E-state index is 12.9. The van der Waals surface area contributed by atoms with Gasteiger partial charge in [0.25, 0.3) is 5.91 Å². The Morgan fingerprint density at radius 2 is 1.89 bits per heavy atom. The number of aromatic hydroxyl groups is 1. The Labute approximate surface area is 158 Å². The minimum atomic E-state index is -4.59. The molecule has 0 unspecified atom stereocenters. The minimum absolute atomic E-state index is 0.0267. The van der Waals surface area contributed by atoms with E-state index in [2.05, 4.69) is 5.32 Å². The molecule has 0 heterocycles. The highest BCUT2D eigenvalue weighted by molar-refractivity contribution is 5.96. The Kier molecular flexibility index (Phi) is 6.86. The molecule has 0 aliphatic carbocycles. The van der Waals surface area contributed by atoms with Crippen LogP contribution in [-0.4, -0.2) is 30.2 Å². The van der Waals surface area contributed by atoms with Crippen LogP contribution in [0.3, 0.4) is 0 Å². The first-order valence-electron chi connectivity index (χ1n) is 8.30. The van der Waals surface area contributed by atoms with Crippen LogP contribution >= 0.6 is 0 Å². The number of anilines is 1. The van der Waals surface area contributed by atoms with Gasteiger partial charge in [0.1, 0.15) is 11.5 Å². The number of esters is 1. The summed E-state index contributed by atoms with van der Waals surface area (Å²) in [5.74, 6) is -1.78. The van der Waals surface area contributed by atoms with Gasteiger partial charge in [-0.2, -0.15) is 13.2 Å². The highest BCUT2D eigenvalue weighted by Gasteiger charge is 2.31. The molecule has 0 aromatic heterocycles. The lowest BCUT2D eigenvalue weighted by Crippen LogP contribution is -2.21. The lowest BCUT2D eigenvalue weighted by Gasteiger charge is -2.15. The molecule has 0 spiro atoms. The summed E-state index contributed by atoms with van der Waals surface area (Å²) in [6.45, 7) is 1.35. The molecular formula is C19H18F3NO5. The molecule has 9 heteroatoms. The molecule has 0 atom stereocenters. The van der Waals surface area contributed by atoms with Gasteiger partial charge in [0.05, 0.1) is 23.4 Å². The van der Waals surface area contributed by atoms with E-state index in [1.807, 2.05) is 6.92 Å². The topological polar surface area (TPSA) is 84.9 Å². The Morgan fingerprint density at radius 3 is 2.54 bits per heavy atom. The van der Waals surface area contributed by atoms with E-state index in [0.717, 1.165) is 24.3 Å². The van der Waals surface area contributed by atoms with Crippen LogP contribution in [0, 0.1) is 0 Å². The molecule has 28 heavy (non-hydrogen) atoms. The van der Waals surface area contributed by atoms with Crippen molar-refractivity contribution in [3.63, 3.8) is 0 Å². The molecule has 2 rings (SSSR count). The summed E-state index contributed by atoms with van der Waals surface area (Å²) >= 11 is 0. The highest BCUT2D eigenvalue weighted by atomic mass is 19.4. The van der Waals surface area contributed by atoms with Gasteiger partial charge in [-0.05, 0) is 42.8 Å².